The number of rotatable bonds is 19. The van der Waals surface area contributed by atoms with Gasteiger partial charge in [-0.2, -0.15) is 0 Å². The third kappa shape index (κ3) is 19.0. The van der Waals surface area contributed by atoms with Gasteiger partial charge in [0.15, 0.2) is 41.2 Å². The number of phenols is 3. The average Bonchev–Trinajstić information content (AvgIpc) is 0.754. The van der Waals surface area contributed by atoms with Crippen LogP contribution in [-0.2, 0) is 52.6 Å². The van der Waals surface area contributed by atoms with E-state index in [-0.39, 0.29) is 97.0 Å². The van der Waals surface area contributed by atoms with Crippen LogP contribution in [0, 0.1) is 47.3 Å². The monoisotopic (exact) mass is 1730 g/mol. The van der Waals surface area contributed by atoms with E-state index in [4.69, 9.17) is 62.1 Å². The molecule has 4 aliphatic carbocycles. The summed E-state index contributed by atoms with van der Waals surface area (Å²) in [6.45, 7) is 9.85. The van der Waals surface area contributed by atoms with Gasteiger partial charge in [-0.1, -0.05) is 62.2 Å². The number of hydrogen-bond acceptors (Lipinski definition) is 26. The highest BCUT2D eigenvalue weighted by molar-refractivity contribution is 7.98. The standard InChI is InChI=1S/C88H102Cl2N6O24S/c1-7-42(19-38(3)4)83(110)94-74-61(101)28-49(31-69(104)96-121-52-14-12-51(13-15-52)114-8-2)84(111)92-72-48-29-66(116-64-17-10-44(76(74)105)26-57(64)89)80(120-87-81(79(108)78(107)68(37-97)118-87)119-70-36-88(6,91)82(109)39(5)115-70)67(30-48)117-65-18-11-45(27-58(65)90)77(106)75-86(113)93-73(63(103)34-53-46-21-40-20-41(23-46)24-47(53)22-40)56-32-50(98)33-60(100)71(56)55-25-43(9-16-59(55)99)54(35-62(72)102)85(112)95-75/h9-18,25-27,29-30,32-33,38-42,46-47,49,53-54,68,70,72-79,81-82,87,97-100,105-109H,7-8,19-24,28,31,34-37,91H2,1-6H3,(H,92,111)(H,93,113)(H,94,110)(H,95,112)(H,96,104)/t39-,40?,41?,42-,46?,47?,49-,53?,54-,68+,70-,72+,73-,74-,75+,76+,77-,78-,79-,81-,82+,87-,88-/m0/s1. The Morgan fingerprint density at radius 3 is 1.95 bits per heavy atom. The Morgan fingerprint density at radius 2 is 1.34 bits per heavy atom. The molecule has 17 rings (SSSR count). The molecular formula is C88H102Cl2N6O24S. The molecule has 18 atom stereocenters. The third-order valence-electron chi connectivity index (χ3n) is 24.9. The number of benzene rings is 6. The number of carbonyl (C=O) groups is 8. The predicted octanol–water partition coefficient (Wildman–Crippen LogP) is 9.20. The van der Waals surface area contributed by atoms with Crippen LogP contribution in [-0.4, -0.2) is 173 Å². The lowest BCUT2D eigenvalue weighted by molar-refractivity contribution is -0.333. The molecule has 6 aromatic carbocycles. The number of aromatic hydroxyl groups is 3. The first-order valence-electron chi connectivity index (χ1n) is 41.1. The van der Waals surface area contributed by atoms with E-state index in [2.05, 4.69) is 26.0 Å². The van der Waals surface area contributed by atoms with Crippen molar-refractivity contribution in [3.05, 3.63) is 141 Å². The number of aliphatic hydroxyl groups is 6. The van der Waals surface area contributed by atoms with Gasteiger partial charge in [-0.3, -0.25) is 43.1 Å². The van der Waals surface area contributed by atoms with Gasteiger partial charge in [-0.05, 0) is 220 Å². The first kappa shape index (κ1) is 88.1. The van der Waals surface area contributed by atoms with Gasteiger partial charge in [-0.15, -0.1) is 0 Å². The van der Waals surface area contributed by atoms with E-state index in [0.29, 0.717) is 41.9 Å². The second-order valence-corrected chi connectivity index (χ2v) is 35.8. The van der Waals surface area contributed by atoms with Crippen molar-refractivity contribution in [1.29, 1.82) is 0 Å². The number of ketones is 3. The minimum Gasteiger partial charge on any atom is -0.508 e. The highest BCUT2D eigenvalue weighted by atomic mass is 35.5. The molecular weight excluding hydrogens is 1630 g/mol. The molecule has 4 saturated carbocycles. The van der Waals surface area contributed by atoms with Crippen molar-refractivity contribution in [2.45, 2.75) is 221 Å². The topological polar surface area (TPSA) is 469 Å². The Labute approximate surface area is 712 Å². The smallest absolute Gasteiger partial charge is 0.246 e. The number of Topliss-reactive ketones (excluding diaryl/α,β-unsaturated/α-hetero) is 3. The van der Waals surface area contributed by atoms with Crippen molar-refractivity contribution in [2.24, 2.45) is 53.1 Å². The molecule has 0 aromatic heterocycles. The van der Waals surface area contributed by atoms with Crippen molar-refractivity contribution in [2.75, 3.05) is 13.2 Å². The molecule has 2 saturated heterocycles. The van der Waals surface area contributed by atoms with Gasteiger partial charge in [0, 0.05) is 65.6 Å². The molecule has 7 aliphatic heterocycles. The first-order valence-corrected chi connectivity index (χ1v) is 42.6. The summed E-state index contributed by atoms with van der Waals surface area (Å²) in [5.74, 6) is -14.5. The van der Waals surface area contributed by atoms with Crippen LogP contribution >= 0.6 is 35.1 Å². The quantitative estimate of drug-likeness (QED) is 0.0336. The number of halogens is 2. The van der Waals surface area contributed by atoms with Crippen LogP contribution in [0.5, 0.6) is 51.7 Å². The summed E-state index contributed by atoms with van der Waals surface area (Å²) >= 11 is 15.4. The van der Waals surface area contributed by atoms with E-state index in [1.54, 1.807) is 38.1 Å². The zero-order chi connectivity index (χ0) is 86.5. The van der Waals surface area contributed by atoms with Gasteiger partial charge in [0.2, 0.25) is 41.6 Å². The summed E-state index contributed by atoms with van der Waals surface area (Å²) in [4.78, 5) is 126. The summed E-state index contributed by atoms with van der Waals surface area (Å²) in [7, 11) is 0. The van der Waals surface area contributed by atoms with E-state index >= 15 is 28.8 Å². The predicted molar refractivity (Wildman–Crippen MR) is 438 cm³/mol. The summed E-state index contributed by atoms with van der Waals surface area (Å²) in [6.07, 6.45) is -14.8. The number of nitrogens with one attached hydrogen (secondary N) is 5. The van der Waals surface area contributed by atoms with Gasteiger partial charge in [0.25, 0.3) is 0 Å². The van der Waals surface area contributed by atoms with Crippen LogP contribution in [0.3, 0.4) is 0 Å². The number of fused-ring (bicyclic) bond motifs is 15. The summed E-state index contributed by atoms with van der Waals surface area (Å²) in [5.41, 5.74) is 3.77. The Hall–Kier alpha value is -9.19. The largest absolute Gasteiger partial charge is 0.508 e. The number of phenolic OH excluding ortho intramolecular Hbond substituents is 3. The van der Waals surface area contributed by atoms with Crippen molar-refractivity contribution in [3.8, 4) is 62.9 Å². The molecule has 6 fully saturated rings. The highest BCUT2D eigenvalue weighted by Gasteiger charge is 2.53. The highest BCUT2D eigenvalue weighted by Crippen LogP contribution is 2.59. The van der Waals surface area contributed by atoms with Crippen molar-refractivity contribution >= 4 is 82.0 Å². The molecule has 648 valence electrons. The summed E-state index contributed by atoms with van der Waals surface area (Å²) in [6, 6.07) is 14.3. The van der Waals surface area contributed by atoms with E-state index in [1.165, 1.54) is 62.4 Å². The molecule has 33 heteroatoms. The SMILES string of the molecule is CCOc1ccc(SNC(=O)C[C@@H]2CC(=O)[C@H](NC(=O)[C@@H](CC)CC(C)C)[C@H](O)c3ccc(c(Cl)c3)Oc3cc4cc(c3O[C@@H]3O[C@H](CO)[C@H](O)[C@H](O)[C@@H]3O[C@H]3C[C@](C)(N)[C@H](O)[C@H](C)O3)Oc3ccc(cc3Cl)[C@H](O)[C@H]3NC(=O)[C@@H](CC(=O)[C@@H]4NC2=O)c2ccc(O)c(c2)-c2c(O)cc(O)cc2[C@@H](C(=O)CC2C4CC5CC(C4)CC2C5)NC3=O)cc1. The van der Waals surface area contributed by atoms with Crippen molar-refractivity contribution in [1.82, 2.24) is 26.0 Å². The lowest BCUT2D eigenvalue weighted by Gasteiger charge is -2.54. The van der Waals surface area contributed by atoms with Gasteiger partial charge < -0.3 is 106 Å². The van der Waals surface area contributed by atoms with Gasteiger partial charge in [-0.25, -0.2) is 0 Å². The average molecular weight is 1730 g/mol. The third-order valence-corrected chi connectivity index (χ3v) is 26.4. The van der Waals surface area contributed by atoms with E-state index < -0.39 is 216 Å². The van der Waals surface area contributed by atoms with Gasteiger partial charge >= 0.3 is 0 Å². The minimum absolute atomic E-state index is 0.0223. The number of ether oxygens (including phenoxy) is 7. The molecule has 11 aliphatic rings. The number of carbonyl (C=O) groups excluding carboxylic acids is 8. The zero-order valence-corrected chi connectivity index (χ0v) is 69.7. The molecule has 5 amide bonds. The zero-order valence-electron chi connectivity index (χ0n) is 67.4. The van der Waals surface area contributed by atoms with Crippen LogP contribution in [0.4, 0.5) is 0 Å². The molecule has 15 bridgehead atoms. The second kappa shape index (κ2) is 36.7. The van der Waals surface area contributed by atoms with Crippen molar-refractivity contribution < 1.29 is 117 Å². The maximum atomic E-state index is 16.8. The lowest BCUT2D eigenvalue weighted by Crippen LogP contribution is -2.64. The fraction of sp³-hybridized carbons (Fsp3) is 0.500. The van der Waals surface area contributed by atoms with Crippen LogP contribution in [0.1, 0.15) is 177 Å². The molecule has 30 nitrogen and oxygen atoms in total. The Morgan fingerprint density at radius 1 is 0.694 bits per heavy atom. The van der Waals surface area contributed by atoms with Crippen LogP contribution in [0.25, 0.3) is 11.1 Å². The summed E-state index contributed by atoms with van der Waals surface area (Å²) < 4.78 is 47.6. The molecule has 0 unspecified atom stereocenters. The van der Waals surface area contributed by atoms with E-state index in [9.17, 15) is 55.5 Å². The maximum Gasteiger partial charge on any atom is 0.246 e. The fourth-order valence-corrected chi connectivity index (χ4v) is 20.0. The fourth-order valence-electron chi connectivity index (χ4n) is 18.9. The van der Waals surface area contributed by atoms with E-state index in [1.807, 2.05) is 13.8 Å². The Bertz CT molecular complexity index is 4910. The Kier molecular flexibility index (Phi) is 26.7. The molecule has 7 heterocycles. The minimum atomic E-state index is -2.18. The van der Waals surface area contributed by atoms with E-state index in [0.717, 1.165) is 74.4 Å². The lowest BCUT2D eigenvalue weighted by atomic mass is 9.51. The molecule has 6 aromatic rings. The molecule has 0 spiro atoms. The number of amides is 5. The number of hydrogen-bond donors (Lipinski definition) is 15. The molecule has 0 radical (unpaired) electrons. The summed E-state index contributed by atoms with van der Waals surface area (Å²) in [5, 5.41) is 117. The van der Waals surface area contributed by atoms with Crippen LogP contribution in [0.2, 0.25) is 10.0 Å². The maximum absolute atomic E-state index is 16.8. The van der Waals surface area contributed by atoms with Gasteiger partial charge in [0.1, 0.15) is 89.2 Å². The number of nitrogens with two attached hydrogens (primary N) is 1. The second-order valence-electron chi connectivity index (χ2n) is 34.1. The van der Waals surface area contributed by atoms with Crippen molar-refractivity contribution in [3.63, 3.8) is 0 Å². The van der Waals surface area contributed by atoms with Gasteiger partial charge in [0.05, 0.1) is 47.3 Å². The first-order chi connectivity index (χ1) is 57.6. The van der Waals surface area contributed by atoms with Crippen LogP contribution in [0.15, 0.2) is 108 Å². The normalized spacial score (nSPS) is 31.1. The molecule has 121 heavy (non-hydrogen) atoms. The molecule has 16 N–H and O–H groups in total. The Balaban J connectivity index is 0.965. The number of aliphatic hydroxyl groups excluding tert-OH is 6. The van der Waals surface area contributed by atoms with Crippen LogP contribution < -0.4 is 50.7 Å².